The molecular formula is C26H35N9O10S2. The summed E-state index contributed by atoms with van der Waals surface area (Å²) in [7, 11) is -5.02. The monoisotopic (exact) mass is 697 g/mol. The molecular weight excluding hydrogens is 662 g/mol. The Morgan fingerprint density at radius 1 is 1.30 bits per heavy atom. The highest BCUT2D eigenvalue weighted by atomic mass is 32.3. The lowest BCUT2D eigenvalue weighted by atomic mass is 9.84. The van der Waals surface area contributed by atoms with Crippen molar-refractivity contribution < 1.29 is 46.3 Å². The van der Waals surface area contributed by atoms with E-state index < -0.39 is 57.7 Å². The Labute approximate surface area is 273 Å². The Hall–Kier alpha value is -4.57. The third-order valence-electron chi connectivity index (χ3n) is 7.18. The molecule has 0 radical (unpaired) electrons. The van der Waals surface area contributed by atoms with Gasteiger partial charge in [-0.15, -0.1) is 15.6 Å². The fourth-order valence-electron chi connectivity index (χ4n) is 4.43. The van der Waals surface area contributed by atoms with E-state index in [1.165, 1.54) is 26.2 Å². The molecule has 4 rings (SSSR count). The molecule has 256 valence electrons. The molecule has 0 saturated carbocycles. The maximum atomic E-state index is 13.3. The number of aromatic nitrogens is 1. The molecule has 3 heterocycles. The molecule has 1 fully saturated rings. The molecule has 3 atom stereocenters. The van der Waals surface area contributed by atoms with Gasteiger partial charge < -0.3 is 42.1 Å². The first-order valence-corrected chi connectivity index (χ1v) is 16.3. The number of anilines is 1. The molecule has 1 saturated heterocycles. The largest absolute Gasteiger partial charge is 0.489 e. The maximum Gasteiger partial charge on any atom is 0.418 e. The Bertz CT molecular complexity index is 1660. The van der Waals surface area contributed by atoms with Gasteiger partial charge in [-0.2, -0.15) is 13.5 Å². The average molecular weight is 698 g/mol. The Kier molecular flexibility index (Phi) is 10.5. The molecule has 2 aliphatic heterocycles. The number of amides is 2. The van der Waals surface area contributed by atoms with Gasteiger partial charge in [-0.3, -0.25) is 19.1 Å². The average Bonchev–Trinajstić information content (AvgIpc) is 3.46. The highest BCUT2D eigenvalue weighted by molar-refractivity contribution is 7.80. The number of guanidine groups is 1. The Morgan fingerprint density at radius 3 is 2.53 bits per heavy atom. The van der Waals surface area contributed by atoms with Crippen molar-refractivity contribution in [3.8, 4) is 5.75 Å². The van der Waals surface area contributed by atoms with Gasteiger partial charge in [0.15, 0.2) is 16.8 Å². The summed E-state index contributed by atoms with van der Waals surface area (Å²) in [5, 5.41) is 24.2. The molecule has 2 aromatic rings. The number of carboxylic acid groups (broad SMARTS) is 1. The number of hydrogen-bond donors (Lipinski definition) is 7. The number of carbonyl (C=O) groups excluding carboxylic acids is 2. The van der Waals surface area contributed by atoms with Crippen LogP contribution in [-0.4, -0.2) is 108 Å². The number of nitrogens with zero attached hydrogens (tertiary/aromatic N) is 4. The van der Waals surface area contributed by atoms with Gasteiger partial charge in [0.25, 0.3) is 17.4 Å². The minimum absolute atomic E-state index is 0.0561. The number of aliphatic carboxylic acids is 1. The molecule has 0 bridgehead atoms. The third-order valence-corrected chi connectivity index (χ3v) is 8.19. The number of nitrogens with one attached hydrogen (secondary N) is 3. The summed E-state index contributed by atoms with van der Waals surface area (Å²) in [6, 6.07) is 5.70. The molecule has 0 spiro atoms. The lowest BCUT2D eigenvalue weighted by Crippen LogP contribution is -2.76. The zero-order valence-corrected chi connectivity index (χ0v) is 27.1. The van der Waals surface area contributed by atoms with E-state index in [2.05, 4.69) is 35.4 Å². The van der Waals surface area contributed by atoms with Crippen molar-refractivity contribution in [3.05, 3.63) is 40.9 Å². The van der Waals surface area contributed by atoms with Gasteiger partial charge in [0, 0.05) is 30.9 Å². The summed E-state index contributed by atoms with van der Waals surface area (Å²) in [6.45, 7) is 5.70. The first-order valence-electron chi connectivity index (χ1n) is 14.0. The zero-order valence-electron chi connectivity index (χ0n) is 25.5. The minimum Gasteiger partial charge on any atom is -0.489 e. The number of rotatable bonds is 14. The normalized spacial score (nSPS) is 20.6. The van der Waals surface area contributed by atoms with Crippen LogP contribution in [0.15, 0.2) is 39.8 Å². The smallest absolute Gasteiger partial charge is 0.418 e. The number of aliphatic imine (C=N–C) groups is 1. The van der Waals surface area contributed by atoms with Gasteiger partial charge >= 0.3 is 16.4 Å². The lowest BCUT2D eigenvalue weighted by molar-refractivity contribution is -0.218. The maximum absolute atomic E-state index is 13.3. The number of β-lactam (4-membered cyclic amide) rings is 1. The summed E-state index contributed by atoms with van der Waals surface area (Å²) in [4.78, 5) is 51.9. The predicted molar refractivity (Wildman–Crippen MR) is 168 cm³/mol. The van der Waals surface area contributed by atoms with Gasteiger partial charge in [0.05, 0.1) is 12.1 Å². The van der Waals surface area contributed by atoms with Crippen LogP contribution >= 0.6 is 11.3 Å². The summed E-state index contributed by atoms with van der Waals surface area (Å²) in [6.07, 6.45) is 0. The topological polar surface area (TPSA) is 282 Å². The fourth-order valence-corrected chi connectivity index (χ4v) is 5.43. The van der Waals surface area contributed by atoms with E-state index in [0.717, 1.165) is 16.9 Å². The van der Waals surface area contributed by atoms with Crippen LogP contribution in [-0.2, 0) is 33.9 Å². The summed E-state index contributed by atoms with van der Waals surface area (Å²) < 4.78 is 41.2. The third kappa shape index (κ3) is 8.43. The van der Waals surface area contributed by atoms with Crippen molar-refractivity contribution in [3.63, 3.8) is 0 Å². The number of benzene rings is 1. The van der Waals surface area contributed by atoms with Gasteiger partial charge in [-0.25, -0.2) is 9.78 Å². The van der Waals surface area contributed by atoms with Crippen LogP contribution in [0.1, 0.15) is 37.9 Å². The van der Waals surface area contributed by atoms with Gasteiger partial charge in [-0.05, 0) is 38.5 Å². The lowest BCUT2D eigenvalue weighted by Gasteiger charge is -2.50. The number of hydrogen-bond acceptors (Lipinski definition) is 16. The number of carbonyl (C=O) groups is 3. The minimum atomic E-state index is -5.02. The van der Waals surface area contributed by atoms with Gasteiger partial charge in [0.2, 0.25) is 0 Å². The van der Waals surface area contributed by atoms with Crippen LogP contribution in [0.5, 0.6) is 5.75 Å². The zero-order chi connectivity index (χ0) is 34.6. The van der Waals surface area contributed by atoms with Crippen LogP contribution in [0.2, 0.25) is 0 Å². The number of oxime groups is 1. The van der Waals surface area contributed by atoms with E-state index in [0.29, 0.717) is 43.0 Å². The summed E-state index contributed by atoms with van der Waals surface area (Å²) >= 11 is 0.958. The molecule has 2 unspecified atom stereocenters. The number of ether oxygens (including phenoxy) is 1. The van der Waals surface area contributed by atoms with Crippen molar-refractivity contribution in [2.45, 2.75) is 43.9 Å². The highest BCUT2D eigenvalue weighted by Crippen LogP contribution is 2.33. The second kappa shape index (κ2) is 14.0. The SMILES string of the molecule is CC(COc1ccc(C2CN=C(NCCN)NC2)cc1)(O/N=C(\C(=O)N[C@@H]1C(=O)N(OS(=O)(=O)O)C1(C)C)c1csc(N)n1)C(=O)O. The van der Waals surface area contributed by atoms with E-state index in [4.69, 9.17) is 25.6 Å². The molecule has 1 aromatic heterocycles. The molecule has 0 aliphatic carbocycles. The Balaban J connectivity index is 1.44. The molecule has 2 amide bonds. The molecule has 47 heavy (non-hydrogen) atoms. The van der Waals surface area contributed by atoms with Crippen LogP contribution < -0.4 is 32.2 Å². The number of nitrogens with two attached hydrogens (primary N) is 2. The van der Waals surface area contributed by atoms with E-state index in [1.54, 1.807) is 12.1 Å². The quantitative estimate of drug-likeness (QED) is 0.0528. The van der Waals surface area contributed by atoms with E-state index in [9.17, 15) is 27.9 Å². The second-order valence-electron chi connectivity index (χ2n) is 11.2. The molecule has 9 N–H and O–H groups in total. The molecule has 19 nitrogen and oxygen atoms in total. The van der Waals surface area contributed by atoms with E-state index >= 15 is 0 Å². The van der Waals surface area contributed by atoms with Crippen LogP contribution in [0.4, 0.5) is 5.13 Å². The van der Waals surface area contributed by atoms with Crippen molar-refractivity contribution in [2.75, 3.05) is 38.5 Å². The predicted octanol–water partition coefficient (Wildman–Crippen LogP) is -1.20. The number of hydroxylamine groups is 2. The van der Waals surface area contributed by atoms with Crippen molar-refractivity contribution in [1.82, 2.24) is 26.0 Å². The summed E-state index contributed by atoms with van der Waals surface area (Å²) in [5.41, 5.74) is 8.06. The van der Waals surface area contributed by atoms with E-state index in [1.807, 2.05) is 12.1 Å². The highest BCUT2D eigenvalue weighted by Gasteiger charge is 2.58. The second-order valence-corrected chi connectivity index (χ2v) is 13.1. The first-order chi connectivity index (χ1) is 22.0. The van der Waals surface area contributed by atoms with Crippen molar-refractivity contribution in [1.29, 1.82) is 0 Å². The van der Waals surface area contributed by atoms with Crippen LogP contribution in [0.25, 0.3) is 0 Å². The number of carboxylic acids is 1. The Morgan fingerprint density at radius 2 is 2.00 bits per heavy atom. The van der Waals surface area contributed by atoms with Gasteiger partial charge in [0.1, 0.15) is 24.1 Å². The molecule has 21 heteroatoms. The number of thiazole rings is 1. The van der Waals surface area contributed by atoms with Crippen molar-refractivity contribution >= 4 is 56.3 Å². The molecule has 2 aliphatic rings. The molecule has 1 aromatic carbocycles. The van der Waals surface area contributed by atoms with Crippen LogP contribution in [0, 0.1) is 0 Å². The summed E-state index contributed by atoms with van der Waals surface area (Å²) in [5.74, 6) is -2.34. The number of nitrogen functional groups attached to an aromatic ring is 1. The van der Waals surface area contributed by atoms with Crippen molar-refractivity contribution in [2.24, 2.45) is 15.9 Å². The standard InChI is InChI=1S/C26H35N9O10S2/c1-25(2)19(21(37)35(25)45-47(40,41)42)33-20(36)18(17-12-46-23(28)32-17)34-44-26(3,22(38)39)13-43-16-6-4-14(5-7-16)15-10-30-24(31-11-15)29-9-8-27/h4-7,12,15,19H,8-11,13,27H2,1-3H3,(H2,28,32)(H,33,36)(H,38,39)(H2,29,30,31)(H,40,41,42)/b34-18-/t19-,26?/m1/s1. The fraction of sp³-hybridized carbons (Fsp3) is 0.462. The first kappa shape index (κ1) is 35.3. The van der Waals surface area contributed by atoms with Crippen LogP contribution in [0.3, 0.4) is 0 Å². The van der Waals surface area contributed by atoms with Gasteiger partial charge in [-0.1, -0.05) is 17.3 Å². The van der Waals surface area contributed by atoms with E-state index in [-0.39, 0.29) is 16.7 Å².